The lowest BCUT2D eigenvalue weighted by Crippen LogP contribution is -2.37. The van der Waals surface area contributed by atoms with E-state index in [0.717, 1.165) is 18.3 Å². The maximum Gasteiger partial charge on any atom is 0.328 e. The molecule has 4 N–H and O–H groups in total. The van der Waals surface area contributed by atoms with Crippen molar-refractivity contribution in [2.45, 2.75) is 32.6 Å². The van der Waals surface area contributed by atoms with E-state index in [1.807, 2.05) is 37.7 Å². The van der Waals surface area contributed by atoms with Crippen LogP contribution in [0.3, 0.4) is 0 Å². The molecule has 33 heavy (non-hydrogen) atoms. The first-order valence-electron chi connectivity index (χ1n) is 9.96. The number of rotatable bonds is 10. The van der Waals surface area contributed by atoms with Gasteiger partial charge in [0.1, 0.15) is 10.5 Å². The number of nitrogens with zero attached hydrogens (tertiary/aromatic N) is 3. The van der Waals surface area contributed by atoms with E-state index in [1.54, 1.807) is 0 Å². The van der Waals surface area contributed by atoms with Gasteiger partial charge in [0.15, 0.2) is 0 Å². The van der Waals surface area contributed by atoms with Crippen LogP contribution < -0.4 is 16.7 Å². The van der Waals surface area contributed by atoms with Crippen LogP contribution in [0.5, 0.6) is 5.88 Å². The summed E-state index contributed by atoms with van der Waals surface area (Å²) >= 11 is 0. The van der Waals surface area contributed by atoms with Crippen molar-refractivity contribution < 1.29 is 18.4 Å². The molecule has 2 aromatic rings. The van der Waals surface area contributed by atoms with E-state index in [1.165, 1.54) is 10.4 Å². The minimum atomic E-state index is -4.17. The van der Waals surface area contributed by atoms with Crippen LogP contribution in [0, 0.1) is 22.0 Å². The third kappa shape index (κ3) is 6.49. The fraction of sp³-hybridized carbons (Fsp3) is 0.421. The van der Waals surface area contributed by atoms with Crippen molar-refractivity contribution in [2.24, 2.45) is 16.9 Å². The second kappa shape index (κ2) is 10.4. The minimum Gasteiger partial charge on any atom is -0.494 e. The fourth-order valence-electron chi connectivity index (χ4n) is 2.93. The maximum atomic E-state index is 13.5. The van der Waals surface area contributed by atoms with Crippen LogP contribution >= 0.6 is 0 Å². The van der Waals surface area contributed by atoms with E-state index in [-0.39, 0.29) is 41.1 Å². The average molecular weight is 483 g/mol. The lowest BCUT2D eigenvalue weighted by atomic mass is 10.2. The summed E-state index contributed by atoms with van der Waals surface area (Å²) in [5.41, 5.74) is -0.262. The number of sulfonamides is 1. The molecule has 14 heteroatoms. The zero-order valence-electron chi connectivity index (χ0n) is 18.5. The summed E-state index contributed by atoms with van der Waals surface area (Å²) in [4.78, 5) is 37.1. The molecular weight excluding hydrogens is 456 g/mol. The molecule has 1 aromatic heterocycles. The molecule has 1 heterocycles. The van der Waals surface area contributed by atoms with Gasteiger partial charge < -0.3 is 5.11 Å². The van der Waals surface area contributed by atoms with Crippen LogP contribution in [-0.2, 0) is 10.0 Å². The highest BCUT2D eigenvalue weighted by Crippen LogP contribution is 2.30. The van der Waals surface area contributed by atoms with Crippen molar-refractivity contribution >= 4 is 27.6 Å². The zero-order chi connectivity index (χ0) is 24.9. The number of aromatic hydroxyl groups is 1. The third-order valence-corrected chi connectivity index (χ3v) is 6.14. The van der Waals surface area contributed by atoms with Gasteiger partial charge >= 0.3 is 5.69 Å². The predicted octanol–water partition coefficient (Wildman–Crippen LogP) is 1.43. The molecule has 0 fully saturated rings. The molecule has 0 bridgehead atoms. The van der Waals surface area contributed by atoms with Crippen molar-refractivity contribution in [3.8, 4) is 5.88 Å². The van der Waals surface area contributed by atoms with Gasteiger partial charge in [-0.2, -0.15) is 9.41 Å². The van der Waals surface area contributed by atoms with Crippen molar-refractivity contribution in [3.05, 3.63) is 54.7 Å². The monoisotopic (exact) mass is 482 g/mol. The number of H-pyrrole nitrogens is 2. The average Bonchev–Trinajstić information content (AvgIpc) is 2.68. The Bertz CT molecular complexity index is 1250. The largest absolute Gasteiger partial charge is 0.494 e. The molecule has 0 saturated heterocycles. The quantitative estimate of drug-likeness (QED) is 0.222. The van der Waals surface area contributed by atoms with Gasteiger partial charge in [-0.05, 0) is 17.9 Å². The Balaban J connectivity index is 2.53. The molecule has 0 atom stereocenters. The van der Waals surface area contributed by atoms with Gasteiger partial charge in [0.05, 0.1) is 16.8 Å². The zero-order valence-corrected chi connectivity index (χ0v) is 19.3. The van der Waals surface area contributed by atoms with Crippen molar-refractivity contribution in [2.75, 3.05) is 18.5 Å². The fourth-order valence-corrected chi connectivity index (χ4v) is 4.85. The highest BCUT2D eigenvalue weighted by atomic mass is 32.2. The van der Waals surface area contributed by atoms with Crippen LogP contribution in [-0.4, -0.2) is 52.0 Å². The molecule has 0 spiro atoms. The van der Waals surface area contributed by atoms with Crippen LogP contribution in [0.15, 0.2) is 37.8 Å². The van der Waals surface area contributed by atoms with Crippen LogP contribution in [0.1, 0.15) is 33.3 Å². The second-order valence-electron chi connectivity index (χ2n) is 8.09. The molecule has 0 aliphatic heterocycles. The van der Waals surface area contributed by atoms with E-state index in [2.05, 4.69) is 10.5 Å². The Kier molecular flexibility index (Phi) is 8.11. The van der Waals surface area contributed by atoms with Gasteiger partial charge in [-0.15, -0.1) is 0 Å². The third-order valence-electron chi connectivity index (χ3n) is 4.27. The number of hydrazone groups is 1. The van der Waals surface area contributed by atoms with Crippen molar-refractivity contribution in [3.63, 3.8) is 0 Å². The smallest absolute Gasteiger partial charge is 0.328 e. The van der Waals surface area contributed by atoms with E-state index in [4.69, 9.17) is 0 Å². The lowest BCUT2D eigenvalue weighted by Gasteiger charge is -2.26. The van der Waals surface area contributed by atoms with Gasteiger partial charge in [0, 0.05) is 25.2 Å². The number of benzene rings is 1. The van der Waals surface area contributed by atoms with Crippen LogP contribution in [0.25, 0.3) is 0 Å². The molecule has 0 radical (unpaired) electrons. The molecule has 0 aliphatic carbocycles. The SMILES string of the molecule is CC(C)CN(CC(C)C)S(=O)(=O)c1cc([N+](=O)[O-])ccc1NN=Cc1c(O)[nH]c(=O)[nH]c1=O. The normalized spacial score (nSPS) is 12.2. The summed E-state index contributed by atoms with van der Waals surface area (Å²) in [7, 11) is -4.17. The highest BCUT2D eigenvalue weighted by Gasteiger charge is 2.30. The summed E-state index contributed by atoms with van der Waals surface area (Å²) in [5.74, 6) is -0.728. The summed E-state index contributed by atoms with van der Waals surface area (Å²) in [6.07, 6.45) is 0.877. The summed E-state index contributed by atoms with van der Waals surface area (Å²) < 4.78 is 28.2. The molecule has 0 aliphatic rings. The highest BCUT2D eigenvalue weighted by molar-refractivity contribution is 7.89. The number of nitrogens with one attached hydrogen (secondary N) is 3. The Hall–Kier alpha value is -3.52. The van der Waals surface area contributed by atoms with Gasteiger partial charge in [0.2, 0.25) is 15.9 Å². The van der Waals surface area contributed by atoms with Gasteiger partial charge in [-0.1, -0.05) is 27.7 Å². The number of non-ortho nitro benzene ring substituents is 1. The number of nitro benzene ring substituents is 1. The van der Waals surface area contributed by atoms with Gasteiger partial charge in [-0.25, -0.2) is 13.2 Å². The van der Waals surface area contributed by atoms with E-state index >= 15 is 0 Å². The van der Waals surface area contributed by atoms with E-state index in [9.17, 15) is 33.2 Å². The van der Waals surface area contributed by atoms with Gasteiger partial charge in [0.25, 0.3) is 11.2 Å². The number of hydrogen-bond acceptors (Lipinski definition) is 9. The number of anilines is 1. The molecular formula is C19H26N6O7S. The summed E-state index contributed by atoms with van der Waals surface area (Å²) in [6, 6.07) is 3.23. The van der Waals surface area contributed by atoms with E-state index in [0.29, 0.717) is 0 Å². The van der Waals surface area contributed by atoms with Crippen LogP contribution in [0.4, 0.5) is 11.4 Å². The van der Waals surface area contributed by atoms with Crippen molar-refractivity contribution in [1.29, 1.82) is 0 Å². The molecule has 2 rings (SSSR count). The second-order valence-corrected chi connectivity index (χ2v) is 9.99. The number of aromatic amines is 2. The topological polar surface area (TPSA) is 191 Å². The standard InChI is InChI=1S/C19H26N6O7S/c1-11(2)9-24(10-12(3)4)33(31,32)16-7-13(25(29)30)5-6-15(16)23-20-8-14-17(26)21-19(28)22-18(14)27/h5-8,11-12,23H,9-10H2,1-4H3,(H3,21,22,26,27,28). The lowest BCUT2D eigenvalue weighted by molar-refractivity contribution is -0.385. The Morgan fingerprint density at radius 3 is 2.30 bits per heavy atom. The number of hydrogen-bond donors (Lipinski definition) is 4. The van der Waals surface area contributed by atoms with Crippen molar-refractivity contribution in [1.82, 2.24) is 14.3 Å². The number of nitro groups is 1. The Morgan fingerprint density at radius 1 is 1.18 bits per heavy atom. The Morgan fingerprint density at radius 2 is 1.79 bits per heavy atom. The molecule has 180 valence electrons. The predicted molar refractivity (Wildman–Crippen MR) is 122 cm³/mol. The maximum absolute atomic E-state index is 13.5. The molecule has 13 nitrogen and oxygen atoms in total. The summed E-state index contributed by atoms with van der Waals surface area (Å²) in [6.45, 7) is 7.82. The molecule has 0 saturated carbocycles. The first kappa shape index (κ1) is 25.7. The molecule has 0 amide bonds. The minimum absolute atomic E-state index is 0.00147. The Labute approximate surface area is 189 Å². The first-order chi connectivity index (χ1) is 15.3. The molecule has 1 aromatic carbocycles. The van der Waals surface area contributed by atoms with E-state index < -0.39 is 37.8 Å². The molecule has 0 unspecified atom stereocenters. The van der Waals surface area contributed by atoms with Crippen LogP contribution in [0.2, 0.25) is 0 Å². The summed E-state index contributed by atoms with van der Waals surface area (Å²) in [5, 5.41) is 24.8. The first-order valence-corrected chi connectivity index (χ1v) is 11.4. The number of aromatic nitrogens is 2. The van der Waals surface area contributed by atoms with Gasteiger partial charge in [-0.3, -0.25) is 30.3 Å².